The van der Waals surface area contributed by atoms with Gasteiger partial charge >= 0.3 is 0 Å². The molecule has 0 aliphatic heterocycles. The molecule has 0 spiro atoms. The van der Waals surface area contributed by atoms with Crippen molar-refractivity contribution in [2.45, 2.75) is 30.2 Å². The summed E-state index contributed by atoms with van der Waals surface area (Å²) in [5.74, 6) is -0.500. The van der Waals surface area contributed by atoms with E-state index in [2.05, 4.69) is 23.5 Å². The van der Waals surface area contributed by atoms with Gasteiger partial charge in [-0.2, -0.15) is 0 Å². The summed E-state index contributed by atoms with van der Waals surface area (Å²) < 4.78 is 0. The lowest BCUT2D eigenvalue weighted by molar-refractivity contribution is -0.126. The number of carbonyl (C=O) groups is 2. The zero-order valence-electron chi connectivity index (χ0n) is 13.3. The maximum Gasteiger partial charge on any atom is 0.244 e. The van der Waals surface area contributed by atoms with Crippen molar-refractivity contribution in [1.29, 1.82) is 0 Å². The van der Waals surface area contributed by atoms with Gasteiger partial charge in [-0.05, 0) is 48.1 Å². The van der Waals surface area contributed by atoms with E-state index in [9.17, 15) is 9.59 Å². The molecule has 0 bridgehead atoms. The average Bonchev–Trinajstić information content (AvgIpc) is 3.06. The summed E-state index contributed by atoms with van der Waals surface area (Å²) in [5.41, 5.74) is 8.93. The van der Waals surface area contributed by atoms with Gasteiger partial charge in [-0.1, -0.05) is 36.4 Å². The second kappa shape index (κ2) is 7.53. The molecule has 4 nitrogen and oxygen atoms in total. The maximum absolute atomic E-state index is 12.2. The molecule has 2 amide bonds. The Morgan fingerprint density at radius 3 is 2.58 bits per heavy atom. The summed E-state index contributed by atoms with van der Waals surface area (Å²) in [6, 6.07) is 14.6. The Bertz CT molecular complexity index is 746. The zero-order valence-corrected chi connectivity index (χ0v) is 14.1. The van der Waals surface area contributed by atoms with E-state index in [1.165, 1.54) is 29.3 Å². The SMILES string of the molecule is NC(=O)C(NC(=O)CSc1ccc2c(c1)CCC2)c1ccccc1. The molecule has 1 unspecified atom stereocenters. The third-order valence-electron chi connectivity index (χ3n) is 4.16. The summed E-state index contributed by atoms with van der Waals surface area (Å²) in [4.78, 5) is 24.9. The smallest absolute Gasteiger partial charge is 0.244 e. The van der Waals surface area contributed by atoms with Crippen molar-refractivity contribution in [3.05, 3.63) is 65.2 Å². The van der Waals surface area contributed by atoms with Crippen LogP contribution in [0.5, 0.6) is 0 Å². The molecule has 1 aliphatic rings. The highest BCUT2D eigenvalue weighted by Crippen LogP contribution is 2.27. The summed E-state index contributed by atoms with van der Waals surface area (Å²) in [7, 11) is 0. The van der Waals surface area contributed by atoms with Gasteiger partial charge in [0.2, 0.25) is 11.8 Å². The Kier molecular flexibility index (Phi) is 5.20. The molecular weight excluding hydrogens is 320 g/mol. The molecule has 1 atom stereocenters. The second-order valence-corrected chi connectivity index (χ2v) is 6.94. The lowest BCUT2D eigenvalue weighted by Crippen LogP contribution is -2.38. The Balaban J connectivity index is 1.59. The van der Waals surface area contributed by atoms with Crippen LogP contribution in [-0.4, -0.2) is 17.6 Å². The Hall–Kier alpha value is -2.27. The normalized spacial score (nSPS) is 14.0. The van der Waals surface area contributed by atoms with Crippen molar-refractivity contribution in [3.8, 4) is 0 Å². The van der Waals surface area contributed by atoms with Gasteiger partial charge in [0.05, 0.1) is 5.75 Å². The van der Waals surface area contributed by atoms with Gasteiger partial charge in [0.15, 0.2) is 0 Å². The van der Waals surface area contributed by atoms with Crippen molar-refractivity contribution in [2.24, 2.45) is 5.73 Å². The van der Waals surface area contributed by atoms with Gasteiger partial charge in [-0.25, -0.2) is 0 Å². The van der Waals surface area contributed by atoms with Crippen LogP contribution in [0.4, 0.5) is 0 Å². The fourth-order valence-corrected chi connectivity index (χ4v) is 3.72. The van der Waals surface area contributed by atoms with Gasteiger partial charge in [-0.3, -0.25) is 9.59 Å². The number of carbonyl (C=O) groups excluding carboxylic acids is 2. The van der Waals surface area contributed by atoms with Crippen molar-refractivity contribution in [2.75, 3.05) is 5.75 Å². The third-order valence-corrected chi connectivity index (χ3v) is 5.16. The summed E-state index contributed by atoms with van der Waals surface area (Å²) in [5, 5.41) is 2.72. The number of rotatable bonds is 6. The molecule has 124 valence electrons. The van der Waals surface area contributed by atoms with E-state index in [0.29, 0.717) is 5.56 Å². The van der Waals surface area contributed by atoms with Gasteiger partial charge < -0.3 is 11.1 Å². The lowest BCUT2D eigenvalue weighted by atomic mass is 10.1. The zero-order chi connectivity index (χ0) is 16.9. The van der Waals surface area contributed by atoms with Crippen molar-refractivity contribution >= 4 is 23.6 Å². The van der Waals surface area contributed by atoms with Crippen LogP contribution in [-0.2, 0) is 22.4 Å². The molecular formula is C19H20N2O2S. The molecule has 0 radical (unpaired) electrons. The first-order valence-electron chi connectivity index (χ1n) is 8.02. The molecule has 3 N–H and O–H groups in total. The molecule has 0 heterocycles. The number of hydrogen-bond donors (Lipinski definition) is 2. The van der Waals surface area contributed by atoms with Crippen LogP contribution >= 0.6 is 11.8 Å². The average molecular weight is 340 g/mol. The predicted molar refractivity (Wildman–Crippen MR) is 95.7 cm³/mol. The molecule has 0 saturated carbocycles. The van der Waals surface area contributed by atoms with Gasteiger partial charge in [0.25, 0.3) is 0 Å². The van der Waals surface area contributed by atoms with E-state index in [-0.39, 0.29) is 11.7 Å². The lowest BCUT2D eigenvalue weighted by Gasteiger charge is -2.15. The minimum absolute atomic E-state index is 0.201. The van der Waals surface area contributed by atoms with Gasteiger partial charge in [0.1, 0.15) is 6.04 Å². The van der Waals surface area contributed by atoms with Crippen molar-refractivity contribution < 1.29 is 9.59 Å². The van der Waals surface area contributed by atoms with E-state index in [1.807, 2.05) is 18.2 Å². The molecule has 0 fully saturated rings. The molecule has 5 heteroatoms. The number of nitrogens with one attached hydrogen (secondary N) is 1. The number of aryl methyl sites for hydroxylation is 2. The van der Waals surface area contributed by atoms with Crippen LogP contribution in [0, 0.1) is 0 Å². The van der Waals surface area contributed by atoms with Crippen LogP contribution < -0.4 is 11.1 Å². The third kappa shape index (κ3) is 3.97. The highest BCUT2D eigenvalue weighted by atomic mass is 32.2. The fraction of sp³-hybridized carbons (Fsp3) is 0.263. The first-order valence-corrected chi connectivity index (χ1v) is 9.00. The van der Waals surface area contributed by atoms with E-state index >= 15 is 0 Å². The first-order chi connectivity index (χ1) is 11.6. The molecule has 3 rings (SSSR count). The quantitative estimate of drug-likeness (QED) is 0.794. The minimum Gasteiger partial charge on any atom is -0.368 e. The highest BCUT2D eigenvalue weighted by molar-refractivity contribution is 8.00. The van der Waals surface area contributed by atoms with Gasteiger partial charge in [-0.15, -0.1) is 11.8 Å². The minimum atomic E-state index is -0.792. The van der Waals surface area contributed by atoms with E-state index in [0.717, 1.165) is 17.7 Å². The Morgan fingerprint density at radius 2 is 1.83 bits per heavy atom. The van der Waals surface area contributed by atoms with Crippen LogP contribution in [0.15, 0.2) is 53.4 Å². The number of amides is 2. The van der Waals surface area contributed by atoms with E-state index < -0.39 is 11.9 Å². The fourth-order valence-electron chi connectivity index (χ4n) is 2.95. The van der Waals surface area contributed by atoms with Crippen LogP contribution in [0.2, 0.25) is 0 Å². The van der Waals surface area contributed by atoms with Crippen molar-refractivity contribution in [1.82, 2.24) is 5.32 Å². The molecule has 1 aliphatic carbocycles. The number of benzene rings is 2. The highest BCUT2D eigenvalue weighted by Gasteiger charge is 2.20. The Morgan fingerprint density at radius 1 is 1.08 bits per heavy atom. The monoisotopic (exact) mass is 340 g/mol. The number of fused-ring (bicyclic) bond motifs is 1. The second-order valence-electron chi connectivity index (χ2n) is 5.89. The summed E-state index contributed by atoms with van der Waals surface area (Å²) in [6.07, 6.45) is 3.48. The molecule has 0 aromatic heterocycles. The maximum atomic E-state index is 12.2. The largest absolute Gasteiger partial charge is 0.368 e. The number of nitrogens with two attached hydrogens (primary N) is 1. The summed E-state index contributed by atoms with van der Waals surface area (Å²) >= 11 is 1.48. The number of thioether (sulfide) groups is 1. The predicted octanol–water partition coefficient (Wildman–Crippen LogP) is 2.61. The van der Waals surface area contributed by atoms with Gasteiger partial charge in [0, 0.05) is 4.90 Å². The molecule has 0 saturated heterocycles. The van der Waals surface area contributed by atoms with Crippen molar-refractivity contribution in [3.63, 3.8) is 0 Å². The number of hydrogen-bond acceptors (Lipinski definition) is 3. The van der Waals surface area contributed by atoms with E-state index in [4.69, 9.17) is 5.73 Å². The topological polar surface area (TPSA) is 72.2 Å². The van der Waals surface area contributed by atoms with E-state index in [1.54, 1.807) is 12.1 Å². The summed E-state index contributed by atoms with van der Waals surface area (Å²) in [6.45, 7) is 0. The first kappa shape index (κ1) is 16.6. The standard InChI is InChI=1S/C19H20N2O2S/c20-19(23)18(14-5-2-1-3-6-14)21-17(22)12-24-16-10-9-13-7-4-8-15(13)11-16/h1-3,5-6,9-11,18H,4,7-8,12H2,(H2,20,23)(H,21,22). The molecule has 2 aromatic carbocycles. The molecule has 24 heavy (non-hydrogen) atoms. The van der Waals surface area contributed by atoms with Crippen LogP contribution in [0.3, 0.4) is 0 Å². The number of primary amides is 1. The van der Waals surface area contributed by atoms with Crippen LogP contribution in [0.25, 0.3) is 0 Å². The Labute approximate surface area is 145 Å². The van der Waals surface area contributed by atoms with Crippen LogP contribution in [0.1, 0.15) is 29.2 Å². The molecule has 2 aromatic rings.